The van der Waals surface area contributed by atoms with E-state index in [2.05, 4.69) is 13.1 Å². The van der Waals surface area contributed by atoms with Crippen molar-refractivity contribution >= 4 is 8.32 Å². The minimum atomic E-state index is -1.51. The third-order valence-electron chi connectivity index (χ3n) is 3.66. The second kappa shape index (κ2) is 9.22. The standard InChI is InChI=1S/C15H30O5Si/c1-21(2,9-5-7-17-11-15-13-19-15)20-8-4-3-6-16-10-14-12-18-14/h14-15H,3-13H2,1-2H3. The number of epoxide rings is 2. The van der Waals surface area contributed by atoms with Gasteiger partial charge in [0.05, 0.1) is 26.4 Å². The second-order valence-electron chi connectivity index (χ2n) is 6.48. The van der Waals surface area contributed by atoms with Crippen LogP contribution in [-0.2, 0) is 23.4 Å². The summed E-state index contributed by atoms with van der Waals surface area (Å²) in [5.74, 6) is 0. The summed E-state index contributed by atoms with van der Waals surface area (Å²) in [5, 5.41) is 0. The molecule has 5 nitrogen and oxygen atoms in total. The van der Waals surface area contributed by atoms with Gasteiger partial charge in [-0.1, -0.05) is 0 Å². The van der Waals surface area contributed by atoms with E-state index in [1.165, 1.54) is 0 Å². The zero-order valence-electron chi connectivity index (χ0n) is 13.5. The molecule has 124 valence electrons. The monoisotopic (exact) mass is 318 g/mol. The summed E-state index contributed by atoms with van der Waals surface area (Å²) in [7, 11) is -1.51. The first-order valence-electron chi connectivity index (χ1n) is 8.18. The van der Waals surface area contributed by atoms with Gasteiger partial charge in [-0.3, -0.25) is 0 Å². The molecule has 2 rings (SSSR count). The molecule has 0 N–H and O–H groups in total. The molecule has 2 saturated heterocycles. The molecule has 0 aliphatic carbocycles. The van der Waals surface area contributed by atoms with E-state index in [0.29, 0.717) is 12.2 Å². The van der Waals surface area contributed by atoms with Gasteiger partial charge in [0.15, 0.2) is 8.32 Å². The third-order valence-corrected chi connectivity index (χ3v) is 6.20. The maximum Gasteiger partial charge on any atom is 0.186 e. The second-order valence-corrected chi connectivity index (χ2v) is 10.8. The number of unbranched alkanes of at least 4 members (excludes halogenated alkanes) is 1. The highest BCUT2D eigenvalue weighted by Crippen LogP contribution is 2.15. The van der Waals surface area contributed by atoms with Gasteiger partial charge in [-0.05, 0) is 38.4 Å². The van der Waals surface area contributed by atoms with Gasteiger partial charge < -0.3 is 23.4 Å². The van der Waals surface area contributed by atoms with Crippen molar-refractivity contribution < 1.29 is 23.4 Å². The smallest absolute Gasteiger partial charge is 0.186 e. The van der Waals surface area contributed by atoms with Crippen LogP contribution in [0, 0.1) is 0 Å². The van der Waals surface area contributed by atoms with Crippen LogP contribution in [0.4, 0.5) is 0 Å². The lowest BCUT2D eigenvalue weighted by Crippen LogP contribution is -2.31. The van der Waals surface area contributed by atoms with Crippen molar-refractivity contribution in [1.29, 1.82) is 0 Å². The molecule has 2 fully saturated rings. The van der Waals surface area contributed by atoms with E-state index in [-0.39, 0.29) is 0 Å². The fourth-order valence-electron chi connectivity index (χ4n) is 2.08. The Morgan fingerprint density at radius 2 is 1.38 bits per heavy atom. The maximum absolute atomic E-state index is 6.09. The number of rotatable bonds is 14. The van der Waals surface area contributed by atoms with Gasteiger partial charge in [0.2, 0.25) is 0 Å². The Morgan fingerprint density at radius 1 is 0.857 bits per heavy atom. The zero-order chi connectivity index (χ0) is 15.0. The van der Waals surface area contributed by atoms with Gasteiger partial charge in [0, 0.05) is 19.8 Å². The van der Waals surface area contributed by atoms with Crippen LogP contribution in [0.25, 0.3) is 0 Å². The average molecular weight is 318 g/mol. The number of hydrogen-bond donors (Lipinski definition) is 0. The molecule has 0 saturated carbocycles. The summed E-state index contributed by atoms with van der Waals surface area (Å²) in [6, 6.07) is 1.16. The zero-order valence-corrected chi connectivity index (χ0v) is 14.5. The molecule has 0 amide bonds. The highest BCUT2D eigenvalue weighted by Gasteiger charge is 2.24. The Kier molecular flexibility index (Phi) is 7.63. The summed E-state index contributed by atoms with van der Waals surface area (Å²) in [4.78, 5) is 0. The molecule has 2 unspecified atom stereocenters. The number of ether oxygens (including phenoxy) is 4. The molecule has 6 heteroatoms. The van der Waals surface area contributed by atoms with E-state index in [1.54, 1.807) is 0 Å². The van der Waals surface area contributed by atoms with Crippen LogP contribution in [0.15, 0.2) is 0 Å². The van der Waals surface area contributed by atoms with Gasteiger partial charge in [0.25, 0.3) is 0 Å². The average Bonchev–Trinajstić information content (AvgIpc) is 3.31. The quantitative estimate of drug-likeness (QED) is 0.279. The molecular weight excluding hydrogens is 288 g/mol. The van der Waals surface area contributed by atoms with E-state index < -0.39 is 8.32 Å². The molecule has 0 bridgehead atoms. The predicted octanol–water partition coefficient (Wildman–Crippen LogP) is 2.21. The highest BCUT2D eigenvalue weighted by molar-refractivity contribution is 6.71. The van der Waals surface area contributed by atoms with Gasteiger partial charge in [-0.2, -0.15) is 0 Å². The summed E-state index contributed by atoms with van der Waals surface area (Å²) in [6.45, 7) is 10.4. The third kappa shape index (κ3) is 9.60. The van der Waals surface area contributed by atoms with Crippen LogP contribution in [0.3, 0.4) is 0 Å². The van der Waals surface area contributed by atoms with Gasteiger partial charge in [-0.25, -0.2) is 0 Å². The molecule has 2 aliphatic rings. The summed E-state index contributed by atoms with van der Waals surface area (Å²) in [6.07, 6.45) is 4.00. The maximum atomic E-state index is 6.09. The van der Waals surface area contributed by atoms with Gasteiger partial charge in [-0.15, -0.1) is 0 Å². The minimum absolute atomic E-state index is 0.375. The fraction of sp³-hybridized carbons (Fsp3) is 1.00. The van der Waals surface area contributed by atoms with Crippen LogP contribution >= 0.6 is 0 Å². The first-order valence-corrected chi connectivity index (χ1v) is 11.3. The Morgan fingerprint density at radius 3 is 1.95 bits per heavy atom. The molecular formula is C15H30O5Si. The van der Waals surface area contributed by atoms with Crippen LogP contribution in [-0.4, -0.2) is 66.8 Å². The van der Waals surface area contributed by atoms with E-state index in [1.807, 2.05) is 0 Å². The first-order chi connectivity index (χ1) is 10.2. The minimum Gasteiger partial charge on any atom is -0.417 e. The molecule has 2 heterocycles. The van der Waals surface area contributed by atoms with E-state index in [9.17, 15) is 0 Å². The topological polar surface area (TPSA) is 52.8 Å². The Bertz CT molecular complexity index is 279. The summed E-state index contributed by atoms with van der Waals surface area (Å²) < 4.78 is 27.4. The lowest BCUT2D eigenvalue weighted by Gasteiger charge is -2.22. The Labute approximate surface area is 129 Å². The largest absolute Gasteiger partial charge is 0.417 e. The molecule has 0 radical (unpaired) electrons. The lowest BCUT2D eigenvalue weighted by molar-refractivity contribution is 0.109. The fourth-order valence-corrected chi connectivity index (χ4v) is 3.92. The molecule has 0 aromatic heterocycles. The Balaban J connectivity index is 1.34. The highest BCUT2D eigenvalue weighted by atomic mass is 28.4. The summed E-state index contributed by atoms with van der Waals surface area (Å²) >= 11 is 0. The van der Waals surface area contributed by atoms with E-state index >= 15 is 0 Å². The normalized spacial score (nSPS) is 24.3. The Hall–Kier alpha value is 0.0169. The van der Waals surface area contributed by atoms with Crippen LogP contribution in [0.5, 0.6) is 0 Å². The summed E-state index contributed by atoms with van der Waals surface area (Å²) in [5.41, 5.74) is 0. The molecule has 0 spiro atoms. The number of hydrogen-bond acceptors (Lipinski definition) is 5. The van der Waals surface area contributed by atoms with Crippen molar-refractivity contribution in [3.8, 4) is 0 Å². The van der Waals surface area contributed by atoms with Crippen molar-refractivity contribution in [3.05, 3.63) is 0 Å². The SMILES string of the molecule is C[Si](C)(CCCOCC1CO1)OCCCCOCC1CO1. The molecule has 2 aliphatic heterocycles. The molecule has 2 atom stereocenters. The molecule has 21 heavy (non-hydrogen) atoms. The van der Waals surface area contributed by atoms with Gasteiger partial charge in [0.1, 0.15) is 12.2 Å². The van der Waals surface area contributed by atoms with Gasteiger partial charge >= 0.3 is 0 Å². The van der Waals surface area contributed by atoms with E-state index in [4.69, 9.17) is 23.4 Å². The lowest BCUT2D eigenvalue weighted by atomic mass is 10.3. The van der Waals surface area contributed by atoms with Crippen molar-refractivity contribution in [2.45, 2.75) is 50.6 Å². The first kappa shape index (κ1) is 17.4. The van der Waals surface area contributed by atoms with Crippen LogP contribution in [0.1, 0.15) is 19.3 Å². The van der Waals surface area contributed by atoms with E-state index in [0.717, 1.165) is 71.6 Å². The van der Waals surface area contributed by atoms with Crippen LogP contribution in [0.2, 0.25) is 19.1 Å². The predicted molar refractivity (Wildman–Crippen MR) is 83.2 cm³/mol. The van der Waals surface area contributed by atoms with Crippen molar-refractivity contribution in [2.24, 2.45) is 0 Å². The van der Waals surface area contributed by atoms with Crippen LogP contribution < -0.4 is 0 Å². The van der Waals surface area contributed by atoms with Crippen molar-refractivity contribution in [3.63, 3.8) is 0 Å². The van der Waals surface area contributed by atoms with Crippen molar-refractivity contribution in [2.75, 3.05) is 46.2 Å². The molecule has 0 aromatic carbocycles. The van der Waals surface area contributed by atoms with Crippen molar-refractivity contribution in [1.82, 2.24) is 0 Å². The molecule has 0 aromatic rings.